The van der Waals surface area contributed by atoms with Crippen molar-refractivity contribution in [2.24, 2.45) is 0 Å². The van der Waals surface area contributed by atoms with Crippen molar-refractivity contribution in [3.63, 3.8) is 0 Å². The molecule has 0 atom stereocenters. The van der Waals surface area contributed by atoms with Crippen LogP contribution < -0.4 is 5.63 Å². The Morgan fingerprint density at radius 3 is 2.88 bits per heavy atom. The van der Waals surface area contributed by atoms with E-state index in [1.807, 2.05) is 18.2 Å². The Bertz CT molecular complexity index is 683. The quantitative estimate of drug-likeness (QED) is 0.582. The van der Waals surface area contributed by atoms with Crippen LogP contribution in [-0.4, -0.2) is 4.98 Å². The highest BCUT2D eigenvalue weighted by molar-refractivity contribution is 5.79. The van der Waals surface area contributed by atoms with Gasteiger partial charge in [-0.2, -0.15) is 0 Å². The van der Waals surface area contributed by atoms with E-state index in [0.29, 0.717) is 11.1 Å². The van der Waals surface area contributed by atoms with Gasteiger partial charge in [0.25, 0.3) is 0 Å². The van der Waals surface area contributed by atoms with E-state index in [9.17, 15) is 4.79 Å². The van der Waals surface area contributed by atoms with Crippen molar-refractivity contribution in [2.75, 3.05) is 0 Å². The Morgan fingerprint density at radius 1 is 1.19 bits per heavy atom. The van der Waals surface area contributed by atoms with Gasteiger partial charge in [-0.25, -0.2) is 9.78 Å². The summed E-state index contributed by atoms with van der Waals surface area (Å²) in [6.07, 6.45) is 2.91. The molecule has 0 aliphatic carbocycles. The molecule has 0 aliphatic rings. The predicted molar refractivity (Wildman–Crippen MR) is 58.0 cm³/mol. The van der Waals surface area contributed by atoms with Crippen LogP contribution in [0.4, 0.5) is 0 Å². The Balaban J connectivity index is 2.34. The summed E-state index contributed by atoms with van der Waals surface area (Å²) in [6, 6.07) is 9.02. The van der Waals surface area contributed by atoms with Crippen molar-refractivity contribution in [2.45, 2.75) is 0 Å². The maximum Gasteiger partial charge on any atom is 0.349 e. The van der Waals surface area contributed by atoms with E-state index in [2.05, 4.69) is 4.98 Å². The summed E-state index contributed by atoms with van der Waals surface area (Å²) in [5.41, 5.74) is 0.452. The number of fused-ring (bicyclic) bond motifs is 1. The van der Waals surface area contributed by atoms with Crippen LogP contribution in [0.15, 0.2) is 56.4 Å². The van der Waals surface area contributed by atoms with E-state index in [0.717, 1.165) is 5.39 Å². The van der Waals surface area contributed by atoms with Crippen LogP contribution in [0.1, 0.15) is 0 Å². The Morgan fingerprint density at radius 2 is 2.06 bits per heavy atom. The van der Waals surface area contributed by atoms with Gasteiger partial charge in [-0.3, -0.25) is 0 Å². The van der Waals surface area contributed by atoms with Gasteiger partial charge in [0.2, 0.25) is 5.89 Å². The summed E-state index contributed by atoms with van der Waals surface area (Å²) in [7, 11) is 0. The minimum absolute atomic E-state index is 0.277. The monoisotopic (exact) mass is 213 g/mol. The minimum Gasteiger partial charge on any atom is -0.444 e. The van der Waals surface area contributed by atoms with Crippen molar-refractivity contribution < 1.29 is 8.83 Å². The largest absolute Gasteiger partial charge is 0.444 e. The van der Waals surface area contributed by atoms with Gasteiger partial charge < -0.3 is 8.83 Å². The number of hydrogen-bond donors (Lipinski definition) is 0. The van der Waals surface area contributed by atoms with Crippen LogP contribution in [0.25, 0.3) is 22.4 Å². The van der Waals surface area contributed by atoms with Gasteiger partial charge in [0, 0.05) is 5.39 Å². The highest BCUT2D eigenvalue weighted by Crippen LogP contribution is 2.18. The van der Waals surface area contributed by atoms with E-state index in [4.69, 9.17) is 8.83 Å². The molecule has 2 heterocycles. The van der Waals surface area contributed by atoms with Crippen molar-refractivity contribution in [1.29, 1.82) is 0 Å². The first-order valence-corrected chi connectivity index (χ1v) is 4.77. The molecule has 1 aromatic carbocycles. The van der Waals surface area contributed by atoms with Gasteiger partial charge in [0.05, 0.1) is 6.20 Å². The normalized spacial score (nSPS) is 10.8. The van der Waals surface area contributed by atoms with Crippen LogP contribution in [0.5, 0.6) is 0 Å². The summed E-state index contributed by atoms with van der Waals surface area (Å²) in [5, 5.41) is 0.843. The number of para-hydroxylation sites is 1. The number of aromatic nitrogens is 1. The Labute approximate surface area is 90.2 Å². The van der Waals surface area contributed by atoms with Crippen LogP contribution >= 0.6 is 0 Å². The molecule has 4 heteroatoms. The fraction of sp³-hybridized carbons (Fsp3) is 0. The maximum absolute atomic E-state index is 11.7. The average Bonchev–Trinajstić information content (AvgIpc) is 2.81. The van der Waals surface area contributed by atoms with Crippen molar-refractivity contribution in [3.05, 3.63) is 53.2 Å². The third kappa shape index (κ3) is 1.32. The highest BCUT2D eigenvalue weighted by Gasteiger charge is 2.10. The molecule has 0 saturated heterocycles. The fourth-order valence-electron chi connectivity index (χ4n) is 1.57. The zero-order valence-corrected chi connectivity index (χ0v) is 8.21. The molecule has 16 heavy (non-hydrogen) atoms. The van der Waals surface area contributed by atoms with Gasteiger partial charge in [-0.05, 0) is 12.1 Å². The SMILES string of the molecule is O=c1oc2ccccc2cc1-c1ncco1. The summed E-state index contributed by atoms with van der Waals surface area (Å²) in [6.45, 7) is 0. The molecule has 0 spiro atoms. The molecule has 0 bridgehead atoms. The zero-order valence-electron chi connectivity index (χ0n) is 8.21. The van der Waals surface area contributed by atoms with E-state index in [-0.39, 0.29) is 5.89 Å². The Hall–Kier alpha value is -2.36. The van der Waals surface area contributed by atoms with E-state index >= 15 is 0 Å². The first kappa shape index (κ1) is 8.91. The first-order chi connectivity index (χ1) is 7.84. The zero-order chi connectivity index (χ0) is 11.0. The number of benzene rings is 1. The second kappa shape index (κ2) is 3.34. The second-order valence-electron chi connectivity index (χ2n) is 3.32. The van der Waals surface area contributed by atoms with Crippen LogP contribution in [-0.2, 0) is 0 Å². The molecule has 2 aromatic heterocycles. The summed E-state index contributed by atoms with van der Waals surface area (Å²) in [5.74, 6) is 0.277. The van der Waals surface area contributed by atoms with E-state index in [1.165, 1.54) is 12.5 Å². The standard InChI is InChI=1S/C12H7NO3/c14-12-9(11-13-5-6-15-11)7-8-3-1-2-4-10(8)16-12/h1-7H. The predicted octanol–water partition coefficient (Wildman–Crippen LogP) is 2.45. The minimum atomic E-state index is -0.443. The van der Waals surface area contributed by atoms with Gasteiger partial charge in [-0.15, -0.1) is 0 Å². The summed E-state index contributed by atoms with van der Waals surface area (Å²) < 4.78 is 10.2. The topological polar surface area (TPSA) is 56.2 Å². The molecule has 0 aliphatic heterocycles. The molecule has 78 valence electrons. The number of nitrogens with zero attached hydrogens (tertiary/aromatic N) is 1. The molecule has 3 rings (SSSR count). The smallest absolute Gasteiger partial charge is 0.349 e. The maximum atomic E-state index is 11.7. The molecule has 0 amide bonds. The molecule has 0 radical (unpaired) electrons. The molecule has 0 N–H and O–H groups in total. The highest BCUT2D eigenvalue weighted by atomic mass is 16.4. The lowest BCUT2D eigenvalue weighted by Crippen LogP contribution is -2.02. The van der Waals surface area contributed by atoms with Gasteiger partial charge in [0.15, 0.2) is 0 Å². The lowest BCUT2D eigenvalue weighted by molar-refractivity contribution is 0.543. The lowest BCUT2D eigenvalue weighted by Gasteiger charge is -1.97. The van der Waals surface area contributed by atoms with Crippen LogP contribution in [0.2, 0.25) is 0 Å². The summed E-state index contributed by atoms with van der Waals surface area (Å²) >= 11 is 0. The molecule has 3 aromatic rings. The van der Waals surface area contributed by atoms with Gasteiger partial charge >= 0.3 is 5.63 Å². The molecular formula is C12H7NO3. The molecule has 0 unspecified atom stereocenters. The molecule has 4 nitrogen and oxygen atoms in total. The molecule has 0 fully saturated rings. The van der Waals surface area contributed by atoms with Crippen molar-refractivity contribution >= 4 is 11.0 Å². The molecule has 0 saturated carbocycles. The Kier molecular flexibility index (Phi) is 1.86. The first-order valence-electron chi connectivity index (χ1n) is 4.77. The van der Waals surface area contributed by atoms with Crippen molar-refractivity contribution in [3.8, 4) is 11.5 Å². The third-order valence-corrected chi connectivity index (χ3v) is 2.30. The van der Waals surface area contributed by atoms with E-state index < -0.39 is 5.63 Å². The van der Waals surface area contributed by atoms with E-state index in [1.54, 1.807) is 12.1 Å². The fourth-order valence-corrected chi connectivity index (χ4v) is 1.57. The summed E-state index contributed by atoms with van der Waals surface area (Å²) in [4.78, 5) is 15.6. The second-order valence-corrected chi connectivity index (χ2v) is 3.32. The van der Waals surface area contributed by atoms with Gasteiger partial charge in [0.1, 0.15) is 17.4 Å². The van der Waals surface area contributed by atoms with Crippen molar-refractivity contribution in [1.82, 2.24) is 4.98 Å². The number of oxazole rings is 1. The lowest BCUT2D eigenvalue weighted by atomic mass is 10.2. The number of rotatable bonds is 1. The third-order valence-electron chi connectivity index (χ3n) is 2.30. The van der Waals surface area contributed by atoms with Crippen LogP contribution in [0.3, 0.4) is 0 Å². The number of hydrogen-bond acceptors (Lipinski definition) is 4. The molecular weight excluding hydrogens is 206 g/mol. The average molecular weight is 213 g/mol. The van der Waals surface area contributed by atoms with Crippen LogP contribution in [0, 0.1) is 0 Å². The van der Waals surface area contributed by atoms with Gasteiger partial charge in [-0.1, -0.05) is 18.2 Å².